The van der Waals surface area contributed by atoms with Gasteiger partial charge in [0.1, 0.15) is 12.1 Å². The van der Waals surface area contributed by atoms with Crippen LogP contribution in [0.25, 0.3) is 0 Å². The number of hydrogen-bond donors (Lipinski definition) is 0. The van der Waals surface area contributed by atoms with E-state index in [2.05, 4.69) is 0 Å². The van der Waals surface area contributed by atoms with Crippen LogP contribution in [-0.2, 0) is 19.2 Å². The van der Waals surface area contributed by atoms with Gasteiger partial charge in [0.2, 0.25) is 0 Å². The number of carbonyl (C=O) groups is 4. The van der Waals surface area contributed by atoms with Gasteiger partial charge in [0, 0.05) is 13.3 Å². The number of aldehydes is 1. The van der Waals surface area contributed by atoms with E-state index in [1.165, 1.54) is 13.8 Å². The highest BCUT2D eigenvalue weighted by Gasteiger charge is 2.00. The van der Waals surface area contributed by atoms with Gasteiger partial charge in [-0.15, -0.1) is 0 Å². The van der Waals surface area contributed by atoms with Gasteiger partial charge in [0.25, 0.3) is 0 Å². The Labute approximate surface area is 77.3 Å². The zero-order chi connectivity index (χ0) is 10.9. The summed E-state index contributed by atoms with van der Waals surface area (Å²) in [4.78, 5) is 39.4. The van der Waals surface area contributed by atoms with Gasteiger partial charge in [-0.2, -0.15) is 0 Å². The van der Waals surface area contributed by atoms with Gasteiger partial charge < -0.3 is 4.79 Å². The van der Waals surface area contributed by atoms with Crippen molar-refractivity contribution in [1.82, 2.24) is 0 Å². The summed E-state index contributed by atoms with van der Waals surface area (Å²) in [6, 6.07) is 0. The van der Waals surface area contributed by atoms with Crippen molar-refractivity contribution in [3.8, 4) is 0 Å². The maximum absolute atomic E-state index is 10.2. The Morgan fingerprint density at radius 2 is 1.62 bits per heavy atom. The van der Waals surface area contributed by atoms with Crippen LogP contribution in [-0.4, -0.2) is 23.6 Å². The minimum absolute atomic E-state index is 0.0556. The van der Waals surface area contributed by atoms with Crippen LogP contribution in [0.3, 0.4) is 0 Å². The van der Waals surface area contributed by atoms with Gasteiger partial charge in [-0.25, -0.2) is 0 Å². The van der Waals surface area contributed by atoms with E-state index in [1.807, 2.05) is 0 Å². The zero-order valence-electron chi connectivity index (χ0n) is 8.12. The van der Waals surface area contributed by atoms with Crippen molar-refractivity contribution in [3.63, 3.8) is 0 Å². The first kappa shape index (κ1) is 14.2. The minimum Gasteiger partial charge on any atom is -0.303 e. The van der Waals surface area contributed by atoms with E-state index in [4.69, 9.17) is 0 Å². The van der Waals surface area contributed by atoms with Crippen LogP contribution in [0.15, 0.2) is 0 Å². The summed E-state index contributed by atoms with van der Waals surface area (Å²) < 4.78 is 0. The quantitative estimate of drug-likeness (QED) is 0.368. The largest absolute Gasteiger partial charge is 0.303 e. The molecule has 0 atom stereocenters. The lowest BCUT2D eigenvalue weighted by Crippen LogP contribution is -2.06. The molecule has 0 rings (SSSR count). The van der Waals surface area contributed by atoms with Crippen LogP contribution in [0.1, 0.15) is 33.6 Å². The second kappa shape index (κ2) is 8.77. The molecule has 0 radical (unpaired) electrons. The summed E-state index contributed by atoms with van der Waals surface area (Å²) in [6.45, 7) is 4.34. The van der Waals surface area contributed by atoms with E-state index in [9.17, 15) is 19.2 Å². The zero-order valence-corrected chi connectivity index (χ0v) is 8.12. The second-order valence-electron chi connectivity index (χ2n) is 2.41. The minimum atomic E-state index is -0.345. The molecule has 74 valence electrons. The molecule has 0 amide bonds. The molecule has 0 aromatic heterocycles. The maximum atomic E-state index is 10.2. The van der Waals surface area contributed by atoms with Crippen LogP contribution in [0.5, 0.6) is 0 Å². The van der Waals surface area contributed by atoms with Crippen LogP contribution >= 0.6 is 0 Å². The predicted octanol–water partition coefficient (Wildman–Crippen LogP) is 0.719. The van der Waals surface area contributed by atoms with Crippen molar-refractivity contribution < 1.29 is 19.2 Å². The average molecular weight is 186 g/mol. The van der Waals surface area contributed by atoms with Gasteiger partial charge in [0.05, 0.1) is 6.42 Å². The Hall–Kier alpha value is -1.32. The first-order valence-electron chi connectivity index (χ1n) is 3.92. The first-order valence-corrected chi connectivity index (χ1v) is 3.92. The SMILES string of the molecule is CC(=O)CC=O.CCC(=O)C(C)=O. The standard InChI is InChI=1S/C5H8O2.C4H6O2/c1-3-5(7)4(2)6;1-4(6)2-3-5/h3H2,1-2H3;3H,2H2,1H3. The molecule has 0 aliphatic carbocycles. The van der Waals surface area contributed by atoms with E-state index >= 15 is 0 Å². The third-order valence-electron chi connectivity index (χ3n) is 1.08. The highest BCUT2D eigenvalue weighted by Crippen LogP contribution is 1.79. The summed E-state index contributed by atoms with van der Waals surface area (Å²) in [5.41, 5.74) is 0. The van der Waals surface area contributed by atoms with Crippen molar-refractivity contribution in [1.29, 1.82) is 0 Å². The lowest BCUT2D eigenvalue weighted by molar-refractivity contribution is -0.135. The monoisotopic (exact) mass is 186 g/mol. The molecular weight excluding hydrogens is 172 g/mol. The molecular formula is C9H14O4. The molecule has 0 heterocycles. The molecule has 0 spiro atoms. The Morgan fingerprint density at radius 3 is 1.62 bits per heavy atom. The molecule has 0 aliphatic heterocycles. The topological polar surface area (TPSA) is 68.3 Å². The van der Waals surface area contributed by atoms with Gasteiger partial charge >= 0.3 is 0 Å². The third-order valence-corrected chi connectivity index (χ3v) is 1.08. The molecule has 0 fully saturated rings. The van der Waals surface area contributed by atoms with Gasteiger partial charge in [-0.05, 0) is 6.92 Å². The molecule has 0 aromatic rings. The van der Waals surface area contributed by atoms with Crippen molar-refractivity contribution in [2.45, 2.75) is 33.6 Å². The Kier molecular flexibility index (Phi) is 9.60. The van der Waals surface area contributed by atoms with Crippen LogP contribution in [0, 0.1) is 0 Å². The molecule has 4 heteroatoms. The normalized spacial score (nSPS) is 7.92. The molecule has 0 N–H and O–H groups in total. The smallest absolute Gasteiger partial charge is 0.197 e. The average Bonchev–Trinajstić information content (AvgIpc) is 2.03. The Morgan fingerprint density at radius 1 is 1.15 bits per heavy atom. The number of Topliss-reactive ketones (excluding diaryl/α,β-unsaturated/α-hetero) is 3. The predicted molar refractivity (Wildman–Crippen MR) is 47.3 cm³/mol. The number of hydrogen-bond acceptors (Lipinski definition) is 4. The molecule has 0 saturated heterocycles. The Bertz CT molecular complexity index is 206. The van der Waals surface area contributed by atoms with E-state index < -0.39 is 0 Å². The number of rotatable bonds is 4. The van der Waals surface area contributed by atoms with E-state index in [1.54, 1.807) is 6.92 Å². The maximum Gasteiger partial charge on any atom is 0.197 e. The molecule has 0 bridgehead atoms. The van der Waals surface area contributed by atoms with Gasteiger partial charge in [-0.1, -0.05) is 6.92 Å². The third kappa shape index (κ3) is 13.6. The van der Waals surface area contributed by atoms with E-state index in [0.29, 0.717) is 12.7 Å². The molecule has 0 aromatic carbocycles. The molecule has 13 heavy (non-hydrogen) atoms. The molecule has 0 saturated carbocycles. The first-order chi connectivity index (χ1) is 5.95. The summed E-state index contributed by atoms with van der Waals surface area (Å²) >= 11 is 0. The van der Waals surface area contributed by atoms with E-state index in [0.717, 1.165) is 0 Å². The Balaban J connectivity index is 0. The summed E-state index contributed by atoms with van der Waals surface area (Å²) in [5, 5.41) is 0. The van der Waals surface area contributed by atoms with Gasteiger partial charge in [-0.3, -0.25) is 14.4 Å². The number of carbonyl (C=O) groups excluding carboxylic acids is 4. The second-order valence-corrected chi connectivity index (χ2v) is 2.41. The highest BCUT2D eigenvalue weighted by molar-refractivity contribution is 6.36. The van der Waals surface area contributed by atoms with Crippen LogP contribution in [0.4, 0.5) is 0 Å². The fourth-order valence-electron chi connectivity index (χ4n) is 0.366. The van der Waals surface area contributed by atoms with Crippen molar-refractivity contribution in [2.24, 2.45) is 0 Å². The van der Waals surface area contributed by atoms with E-state index in [-0.39, 0.29) is 23.8 Å². The lowest BCUT2D eigenvalue weighted by atomic mass is 10.2. The fourth-order valence-corrected chi connectivity index (χ4v) is 0.366. The summed E-state index contributed by atoms with van der Waals surface area (Å²) in [6.07, 6.45) is 0.984. The van der Waals surface area contributed by atoms with Crippen molar-refractivity contribution in [3.05, 3.63) is 0 Å². The molecule has 4 nitrogen and oxygen atoms in total. The van der Waals surface area contributed by atoms with Crippen LogP contribution < -0.4 is 0 Å². The lowest BCUT2D eigenvalue weighted by Gasteiger charge is -1.81. The number of ketones is 3. The molecule has 0 aliphatic rings. The fraction of sp³-hybridized carbons (Fsp3) is 0.556. The summed E-state index contributed by atoms with van der Waals surface area (Å²) in [7, 11) is 0. The van der Waals surface area contributed by atoms with Crippen molar-refractivity contribution in [2.75, 3.05) is 0 Å². The highest BCUT2D eigenvalue weighted by atomic mass is 16.2. The van der Waals surface area contributed by atoms with Crippen LogP contribution in [0.2, 0.25) is 0 Å². The molecule has 0 unspecified atom stereocenters. The summed E-state index contributed by atoms with van der Waals surface area (Å²) in [5.74, 6) is -0.715. The van der Waals surface area contributed by atoms with Gasteiger partial charge in [0.15, 0.2) is 11.6 Å². The van der Waals surface area contributed by atoms with Crippen molar-refractivity contribution >= 4 is 23.6 Å².